The van der Waals surface area contributed by atoms with Crippen molar-refractivity contribution in [2.75, 3.05) is 29.5 Å². The molecule has 7 nitrogen and oxygen atoms in total. The molecule has 122 valence electrons. The van der Waals surface area contributed by atoms with Gasteiger partial charge in [-0.3, -0.25) is 14.5 Å². The first-order valence-electron chi connectivity index (χ1n) is 7.24. The maximum atomic E-state index is 12.0. The summed E-state index contributed by atoms with van der Waals surface area (Å²) in [7, 11) is 0. The Labute approximate surface area is 137 Å². The number of halogens is 1. The largest absolute Gasteiger partial charge is 0.481 e. The number of carboxylic acids is 1. The summed E-state index contributed by atoms with van der Waals surface area (Å²) in [5, 5.41) is 9.34. The van der Waals surface area contributed by atoms with Gasteiger partial charge in [-0.15, -0.1) is 0 Å². The summed E-state index contributed by atoms with van der Waals surface area (Å²) in [5.41, 5.74) is 1.04. The second kappa shape index (κ2) is 6.08. The molecule has 1 atom stereocenters. The van der Waals surface area contributed by atoms with Crippen LogP contribution in [0.4, 0.5) is 16.2 Å². The van der Waals surface area contributed by atoms with E-state index < -0.39 is 18.0 Å². The van der Waals surface area contributed by atoms with Crippen LogP contribution >= 0.6 is 11.6 Å². The van der Waals surface area contributed by atoms with Crippen LogP contribution in [0.15, 0.2) is 18.2 Å². The molecule has 0 saturated carbocycles. The van der Waals surface area contributed by atoms with Gasteiger partial charge in [-0.05, 0) is 24.6 Å². The minimum atomic E-state index is -0.986. The molecule has 0 radical (unpaired) electrons. The Bertz CT molecular complexity index is 678. The molecule has 2 amide bonds. The van der Waals surface area contributed by atoms with Crippen molar-refractivity contribution in [2.45, 2.75) is 12.8 Å². The van der Waals surface area contributed by atoms with Gasteiger partial charge in [0.25, 0.3) is 0 Å². The lowest BCUT2D eigenvalue weighted by atomic mass is 10.1. The van der Waals surface area contributed by atoms with Crippen LogP contribution in [-0.4, -0.2) is 42.8 Å². The highest BCUT2D eigenvalue weighted by Gasteiger charge is 2.35. The van der Waals surface area contributed by atoms with E-state index in [-0.39, 0.29) is 18.9 Å². The average Bonchev–Trinajstić information content (AvgIpc) is 2.90. The zero-order chi connectivity index (χ0) is 16.6. The summed E-state index contributed by atoms with van der Waals surface area (Å²) in [6.07, 6.45) is 0.246. The van der Waals surface area contributed by atoms with Crippen molar-refractivity contribution in [1.82, 2.24) is 0 Å². The van der Waals surface area contributed by atoms with E-state index in [1.807, 2.05) is 0 Å². The minimum absolute atomic E-state index is 0.0207. The third-order valence-corrected chi connectivity index (χ3v) is 4.28. The fraction of sp³-hybridized carbons (Fsp3) is 0.400. The number of hydrogen-bond acceptors (Lipinski definition) is 4. The first kappa shape index (κ1) is 15.6. The number of carbonyl (C=O) groups excluding carboxylic acids is 2. The fourth-order valence-electron chi connectivity index (χ4n) is 2.78. The van der Waals surface area contributed by atoms with E-state index in [0.29, 0.717) is 36.0 Å². The number of hydrogen-bond donors (Lipinski definition) is 1. The number of carboxylic acid groups (broad SMARTS) is 1. The van der Waals surface area contributed by atoms with Gasteiger partial charge in [-0.2, -0.15) is 0 Å². The Hall–Kier alpha value is -2.28. The third-order valence-electron chi connectivity index (χ3n) is 3.98. The quantitative estimate of drug-likeness (QED) is 0.912. The van der Waals surface area contributed by atoms with Crippen LogP contribution < -0.4 is 9.80 Å². The number of carbonyl (C=O) groups is 3. The standard InChI is InChI=1S/C15H15ClN2O5/c16-11-7-10(18-8-9(14(20)21)6-13(18)19)2-3-12(11)17-4-1-5-23-15(17)22/h2-3,7,9H,1,4-6,8H2,(H,20,21). The van der Waals surface area contributed by atoms with Gasteiger partial charge in [0.2, 0.25) is 5.91 Å². The molecule has 1 unspecified atom stereocenters. The number of amides is 2. The summed E-state index contributed by atoms with van der Waals surface area (Å²) in [6, 6.07) is 4.87. The zero-order valence-corrected chi connectivity index (χ0v) is 13.0. The van der Waals surface area contributed by atoms with Crippen LogP contribution in [0.5, 0.6) is 0 Å². The molecule has 2 saturated heterocycles. The first-order chi connectivity index (χ1) is 11.0. The predicted molar refractivity (Wildman–Crippen MR) is 82.9 cm³/mol. The van der Waals surface area contributed by atoms with Crippen LogP contribution in [0, 0.1) is 5.92 Å². The van der Waals surface area contributed by atoms with Crippen molar-refractivity contribution >= 4 is 40.9 Å². The molecule has 2 aliphatic heterocycles. The summed E-state index contributed by atoms with van der Waals surface area (Å²) >= 11 is 6.25. The lowest BCUT2D eigenvalue weighted by Crippen LogP contribution is -2.37. The molecular formula is C15H15ClN2O5. The van der Waals surface area contributed by atoms with E-state index in [0.717, 1.165) is 0 Å². The number of benzene rings is 1. The Morgan fingerprint density at radius 2 is 2.09 bits per heavy atom. The van der Waals surface area contributed by atoms with Gasteiger partial charge in [0.1, 0.15) is 0 Å². The highest BCUT2D eigenvalue weighted by molar-refractivity contribution is 6.34. The van der Waals surface area contributed by atoms with Crippen molar-refractivity contribution in [2.24, 2.45) is 5.92 Å². The van der Waals surface area contributed by atoms with Gasteiger partial charge in [0, 0.05) is 25.2 Å². The topological polar surface area (TPSA) is 87.2 Å². The van der Waals surface area contributed by atoms with Gasteiger partial charge in [-0.25, -0.2) is 4.79 Å². The number of cyclic esters (lactones) is 1. The van der Waals surface area contributed by atoms with E-state index in [9.17, 15) is 14.4 Å². The molecule has 23 heavy (non-hydrogen) atoms. The monoisotopic (exact) mass is 338 g/mol. The molecule has 2 aliphatic rings. The molecular weight excluding hydrogens is 324 g/mol. The van der Waals surface area contributed by atoms with Crippen molar-refractivity contribution in [1.29, 1.82) is 0 Å². The molecule has 0 bridgehead atoms. The van der Waals surface area contributed by atoms with E-state index in [1.54, 1.807) is 18.2 Å². The second-order valence-corrected chi connectivity index (χ2v) is 5.91. The third kappa shape index (κ3) is 2.96. The summed E-state index contributed by atoms with van der Waals surface area (Å²) in [6.45, 7) is 1.03. The number of rotatable bonds is 3. The Morgan fingerprint density at radius 3 is 2.70 bits per heavy atom. The van der Waals surface area contributed by atoms with Crippen LogP contribution in [0.2, 0.25) is 5.02 Å². The van der Waals surface area contributed by atoms with Crippen molar-refractivity contribution in [3.05, 3.63) is 23.2 Å². The van der Waals surface area contributed by atoms with E-state index in [1.165, 1.54) is 9.80 Å². The van der Waals surface area contributed by atoms with Crippen LogP contribution in [0.3, 0.4) is 0 Å². The molecule has 0 spiro atoms. The molecule has 0 aliphatic carbocycles. The number of nitrogens with zero attached hydrogens (tertiary/aromatic N) is 2. The van der Waals surface area contributed by atoms with Crippen LogP contribution in [0.25, 0.3) is 0 Å². The van der Waals surface area contributed by atoms with Crippen molar-refractivity contribution in [3.8, 4) is 0 Å². The molecule has 1 aromatic carbocycles. The Balaban J connectivity index is 1.83. The van der Waals surface area contributed by atoms with Gasteiger partial charge in [0.15, 0.2) is 0 Å². The highest BCUT2D eigenvalue weighted by Crippen LogP contribution is 2.34. The Morgan fingerprint density at radius 1 is 1.30 bits per heavy atom. The molecule has 3 rings (SSSR count). The molecule has 2 heterocycles. The van der Waals surface area contributed by atoms with Crippen molar-refractivity contribution < 1.29 is 24.2 Å². The number of anilines is 2. The van der Waals surface area contributed by atoms with Crippen molar-refractivity contribution in [3.63, 3.8) is 0 Å². The number of ether oxygens (including phenoxy) is 1. The molecule has 1 N–H and O–H groups in total. The van der Waals surface area contributed by atoms with Gasteiger partial charge >= 0.3 is 12.1 Å². The SMILES string of the molecule is O=C(O)C1CC(=O)N(c2ccc(N3CCCOC3=O)c(Cl)c2)C1. The number of aliphatic carboxylic acids is 1. The maximum Gasteiger partial charge on any atom is 0.414 e. The molecule has 0 aromatic heterocycles. The van der Waals surface area contributed by atoms with Gasteiger partial charge in [-0.1, -0.05) is 11.6 Å². The second-order valence-electron chi connectivity index (χ2n) is 5.50. The summed E-state index contributed by atoms with van der Waals surface area (Å²) in [5.74, 6) is -1.95. The molecule has 1 aromatic rings. The van der Waals surface area contributed by atoms with Crippen LogP contribution in [0.1, 0.15) is 12.8 Å². The lowest BCUT2D eigenvalue weighted by Gasteiger charge is -2.27. The fourth-order valence-corrected chi connectivity index (χ4v) is 3.05. The molecule has 2 fully saturated rings. The average molecular weight is 339 g/mol. The van der Waals surface area contributed by atoms with Gasteiger partial charge < -0.3 is 14.7 Å². The van der Waals surface area contributed by atoms with Gasteiger partial charge in [0.05, 0.1) is 23.2 Å². The van der Waals surface area contributed by atoms with Crippen LogP contribution in [-0.2, 0) is 14.3 Å². The first-order valence-corrected chi connectivity index (χ1v) is 7.62. The molecule has 8 heteroatoms. The van der Waals surface area contributed by atoms with E-state index in [4.69, 9.17) is 21.4 Å². The summed E-state index contributed by atoms with van der Waals surface area (Å²) < 4.78 is 4.99. The highest BCUT2D eigenvalue weighted by atomic mass is 35.5. The Kier molecular flexibility index (Phi) is 4.12. The zero-order valence-electron chi connectivity index (χ0n) is 12.2. The summed E-state index contributed by atoms with van der Waals surface area (Å²) in [4.78, 5) is 37.6. The smallest absolute Gasteiger partial charge is 0.414 e. The maximum absolute atomic E-state index is 12.0. The van der Waals surface area contributed by atoms with E-state index >= 15 is 0 Å². The normalized spacial score (nSPS) is 21.5. The van der Waals surface area contributed by atoms with E-state index in [2.05, 4.69) is 0 Å². The lowest BCUT2D eigenvalue weighted by molar-refractivity contribution is -0.141. The predicted octanol–water partition coefficient (Wildman–Crippen LogP) is 2.12. The minimum Gasteiger partial charge on any atom is -0.481 e.